The summed E-state index contributed by atoms with van der Waals surface area (Å²) < 4.78 is 0. The van der Waals surface area contributed by atoms with Crippen LogP contribution in [0.3, 0.4) is 0 Å². The molecule has 5 aliphatic carbocycles. The molecule has 0 N–H and O–H groups in total. The zero-order valence-corrected chi connectivity index (χ0v) is 87.1. The molecule has 5 aliphatic rings. The van der Waals surface area contributed by atoms with Crippen LogP contribution in [0.4, 0.5) is 0 Å². The van der Waals surface area contributed by atoms with Gasteiger partial charge in [0.1, 0.15) is 0 Å². The maximum Gasteiger partial charge on any atom is 0.0165 e. The van der Waals surface area contributed by atoms with Crippen molar-refractivity contribution in [2.24, 2.45) is 0 Å². The van der Waals surface area contributed by atoms with Gasteiger partial charge in [-0.05, 0) is 255 Å². The van der Waals surface area contributed by atoms with E-state index in [1.54, 1.807) is 0 Å². The van der Waals surface area contributed by atoms with Crippen LogP contribution < -0.4 is 0 Å². The van der Waals surface area contributed by atoms with Gasteiger partial charge in [-0.25, -0.2) is 0 Å². The predicted molar refractivity (Wildman–Crippen MR) is 609 cm³/mol. The van der Waals surface area contributed by atoms with Gasteiger partial charge in [0, 0.05) is 27.1 Å². The van der Waals surface area contributed by atoms with E-state index in [-0.39, 0.29) is 27.1 Å². The molecule has 0 saturated carbocycles. The zero-order chi connectivity index (χ0) is 98.0. The van der Waals surface area contributed by atoms with Gasteiger partial charge in [0.15, 0.2) is 0 Å². The van der Waals surface area contributed by atoms with Crippen molar-refractivity contribution in [2.45, 2.75) is 235 Å². The van der Waals surface area contributed by atoms with Gasteiger partial charge in [0.05, 0.1) is 0 Å². The van der Waals surface area contributed by atoms with Gasteiger partial charge in [0.25, 0.3) is 0 Å². The minimum Gasteiger partial charge on any atom is -0.0683 e. The molecule has 20 aromatic rings. The van der Waals surface area contributed by atoms with Crippen molar-refractivity contribution in [3.8, 4) is 55.6 Å². The summed E-state index contributed by atoms with van der Waals surface area (Å²) in [6, 6.07) is 134. The van der Waals surface area contributed by atoms with Crippen LogP contribution in [-0.4, -0.2) is 0 Å². The Morgan fingerprint density at radius 2 is 0.407 bits per heavy atom. The fourth-order valence-corrected chi connectivity index (χ4v) is 21.3. The maximum atomic E-state index is 2.42. The van der Waals surface area contributed by atoms with Gasteiger partial charge in [0.2, 0.25) is 0 Å². The third-order valence-electron chi connectivity index (χ3n) is 27.2. The summed E-state index contributed by atoms with van der Waals surface area (Å²) >= 11 is 0. The van der Waals surface area contributed by atoms with Crippen molar-refractivity contribution in [3.05, 3.63) is 420 Å². The smallest absolute Gasteiger partial charge is 0.0165 e. The van der Waals surface area contributed by atoms with Crippen LogP contribution in [0.2, 0.25) is 0 Å². The third-order valence-corrected chi connectivity index (χ3v) is 27.2. The molecular weight excluding hydrogens is 1620 g/mol. The highest BCUT2D eigenvalue weighted by Gasteiger charge is 2.41. The Morgan fingerprint density at radius 3 is 0.889 bits per heavy atom. The first-order chi connectivity index (χ1) is 65.8. The van der Waals surface area contributed by atoms with Crippen LogP contribution in [0, 0.1) is 0 Å². The molecule has 0 heteroatoms. The highest BCUT2D eigenvalue weighted by Crippen LogP contribution is 2.57. The monoisotopic (exact) mass is 1770 g/mol. The van der Waals surface area contributed by atoms with E-state index in [9.17, 15) is 0 Å². The quantitative estimate of drug-likeness (QED) is 0.105. The number of hydrogen-bond acceptors (Lipinski definition) is 0. The van der Waals surface area contributed by atoms with Crippen LogP contribution >= 0.6 is 0 Å². The first-order valence-corrected chi connectivity index (χ1v) is 51.1. The van der Waals surface area contributed by atoms with Crippen LogP contribution in [-0.2, 0) is 27.1 Å². The summed E-state index contributed by atoms with van der Waals surface area (Å²) in [4.78, 5) is 0. The van der Waals surface area contributed by atoms with Crippen molar-refractivity contribution < 1.29 is 0 Å². The van der Waals surface area contributed by atoms with E-state index in [2.05, 4.69) is 433 Å². The van der Waals surface area contributed by atoms with Crippen molar-refractivity contribution in [1.82, 2.24) is 0 Å². The molecule has 0 nitrogen and oxygen atoms in total. The van der Waals surface area contributed by atoms with Crippen LogP contribution in [0.15, 0.2) is 364 Å². The predicted octanol–water partition coefficient (Wildman–Crippen LogP) is 41.8. The molecule has 0 amide bonds. The molecule has 135 heavy (non-hydrogen) atoms. The SMILES string of the molecule is CC.CC.CC.CC.CC.CC.CC.CC.CC.CC.CC1(C)c2ccccc2-c2c1ccc1c2ccc2ccccc21.CC1(C)c2ccccc2-c2c1ccc1ccc3ccccc3c21.CC1(C)c2ccccc2-c2cc3c(ccc4ccccc43)cc21.CC1(C)c2ccccc2-c2cc3ccc4ccccc4c3cc21.CC1(C)c2ccccc2-c2ccc3cc4ccccc4cc3c21. The average Bonchev–Trinajstić information content (AvgIpc) is 1.58. The van der Waals surface area contributed by atoms with Gasteiger partial charge in [-0.1, -0.05) is 535 Å². The first-order valence-electron chi connectivity index (χ1n) is 51.1. The Morgan fingerprint density at radius 1 is 0.126 bits per heavy atom. The molecule has 0 fully saturated rings. The lowest BCUT2D eigenvalue weighted by molar-refractivity contribution is 0.660. The topological polar surface area (TPSA) is 0 Å². The first kappa shape index (κ1) is 103. The summed E-state index contributed by atoms with van der Waals surface area (Å²) in [5.41, 5.74) is 28.8. The molecule has 0 unspecified atom stereocenters. The Labute approximate surface area is 812 Å². The van der Waals surface area contributed by atoms with E-state index in [0.29, 0.717) is 0 Å². The van der Waals surface area contributed by atoms with Crippen LogP contribution in [0.5, 0.6) is 0 Å². The Balaban J connectivity index is 0.000000155. The highest BCUT2D eigenvalue weighted by atomic mass is 14.4. The van der Waals surface area contributed by atoms with Gasteiger partial charge in [-0.3, -0.25) is 0 Å². The molecular formula is C135H150. The standard InChI is InChI=1S/5C23H18.10C2H6/c1-23(2)21-10-6-5-9-18(21)19-12-11-17-13-15-7-3-4-8-16(15)14-20(17)22(19)23;1-23(2)21-10-6-5-9-18(21)20-14-19-16(13-22(20)23)12-11-15-7-3-4-8-17(15)19;1-23(2)21-10-6-5-9-18(21)20-13-16-12-11-15-7-3-4-8-17(15)19(16)14-22(20)23;1-23(2)19-10-6-5-9-18(19)22-20(23)14-13-16-12-11-15-7-3-4-8-17(15)21(16)22;1-23(2)20-10-6-5-9-19(20)22-18-12-11-15-7-3-4-8-16(15)17(18)13-14-21(22)23;10*1-2/h5*3-14H,1-2H3;10*1-2H3. The molecule has 0 radical (unpaired) electrons. The molecule has 690 valence electrons. The molecule has 0 bridgehead atoms. The van der Waals surface area contributed by atoms with E-state index in [1.165, 1.54) is 219 Å². The van der Waals surface area contributed by atoms with Crippen molar-refractivity contribution in [1.29, 1.82) is 0 Å². The van der Waals surface area contributed by atoms with E-state index in [4.69, 9.17) is 0 Å². The summed E-state index contributed by atoms with van der Waals surface area (Å²) in [6.07, 6.45) is 0. The Hall–Kier alpha value is -13.0. The Bertz CT molecular complexity index is 7420. The van der Waals surface area contributed by atoms with E-state index in [0.717, 1.165) is 0 Å². The van der Waals surface area contributed by atoms with Gasteiger partial charge < -0.3 is 0 Å². The van der Waals surface area contributed by atoms with Crippen molar-refractivity contribution >= 4 is 108 Å². The normalized spacial score (nSPS) is 13.1. The molecule has 0 saturated heterocycles. The number of rotatable bonds is 0. The maximum absolute atomic E-state index is 2.42. The molecule has 25 rings (SSSR count). The fourth-order valence-electron chi connectivity index (χ4n) is 21.3. The highest BCUT2D eigenvalue weighted by molar-refractivity contribution is 6.18. The molecule has 0 heterocycles. The second kappa shape index (κ2) is 44.9. The third kappa shape index (κ3) is 18.5. The lowest BCUT2D eigenvalue weighted by Gasteiger charge is -2.23. The lowest BCUT2D eigenvalue weighted by atomic mass is 9.80. The Kier molecular flexibility index (Phi) is 34.1. The van der Waals surface area contributed by atoms with Gasteiger partial charge >= 0.3 is 0 Å². The minimum absolute atomic E-state index is 0.0495. The number of hydrogen-bond donors (Lipinski definition) is 0. The second-order valence-electron chi connectivity index (χ2n) is 35.3. The molecule has 0 aliphatic heterocycles. The summed E-state index contributed by atoms with van der Waals surface area (Å²) in [5, 5.41) is 26.8. The summed E-state index contributed by atoms with van der Waals surface area (Å²) in [6.45, 7) is 63.4. The second-order valence-corrected chi connectivity index (χ2v) is 35.3. The van der Waals surface area contributed by atoms with E-state index < -0.39 is 0 Å². The lowest BCUT2D eigenvalue weighted by Crippen LogP contribution is -2.15. The van der Waals surface area contributed by atoms with Gasteiger partial charge in [-0.15, -0.1) is 0 Å². The number of fused-ring (bicyclic) bond motifs is 32. The molecule has 0 spiro atoms. The van der Waals surface area contributed by atoms with Crippen LogP contribution in [0.25, 0.3) is 163 Å². The van der Waals surface area contributed by atoms with E-state index in [1.807, 2.05) is 138 Å². The van der Waals surface area contributed by atoms with Crippen molar-refractivity contribution in [3.63, 3.8) is 0 Å². The molecule has 20 aromatic carbocycles. The van der Waals surface area contributed by atoms with Gasteiger partial charge in [-0.2, -0.15) is 0 Å². The fraction of sp³-hybridized carbons (Fsp3) is 0.259. The van der Waals surface area contributed by atoms with E-state index >= 15 is 0 Å². The average molecular weight is 1770 g/mol. The number of benzene rings is 20. The molecule has 0 atom stereocenters. The van der Waals surface area contributed by atoms with Crippen molar-refractivity contribution in [2.75, 3.05) is 0 Å². The summed E-state index contributed by atoms with van der Waals surface area (Å²) in [5.74, 6) is 0. The minimum atomic E-state index is 0.0495. The van der Waals surface area contributed by atoms with Crippen LogP contribution in [0.1, 0.15) is 263 Å². The largest absolute Gasteiger partial charge is 0.0683 e. The molecule has 0 aromatic heterocycles. The zero-order valence-electron chi connectivity index (χ0n) is 87.1. The summed E-state index contributed by atoms with van der Waals surface area (Å²) in [7, 11) is 0.